The summed E-state index contributed by atoms with van der Waals surface area (Å²) >= 11 is 0. The van der Waals surface area contributed by atoms with Gasteiger partial charge in [-0.3, -0.25) is 10.3 Å². The van der Waals surface area contributed by atoms with E-state index < -0.39 is 0 Å². The van der Waals surface area contributed by atoms with E-state index in [9.17, 15) is 0 Å². The van der Waals surface area contributed by atoms with Gasteiger partial charge in [0.25, 0.3) is 0 Å². The minimum absolute atomic E-state index is 0.680. The minimum Gasteiger partial charge on any atom is -0.272 e. The van der Waals surface area contributed by atoms with Crippen molar-refractivity contribution in [1.29, 1.82) is 0 Å². The highest BCUT2D eigenvalue weighted by Crippen LogP contribution is 1.97. The number of hydrogen-bond acceptors (Lipinski definition) is 2. The SMILES string of the molecule is CC=CC1=CCON1. The Morgan fingerprint density at radius 3 is 3.25 bits per heavy atom. The first kappa shape index (κ1) is 5.38. The lowest BCUT2D eigenvalue weighted by Crippen LogP contribution is -2.03. The molecule has 0 aromatic rings. The normalized spacial score (nSPS) is 18.9. The van der Waals surface area contributed by atoms with Crippen molar-refractivity contribution in [3.05, 3.63) is 23.9 Å². The summed E-state index contributed by atoms with van der Waals surface area (Å²) in [6, 6.07) is 0. The van der Waals surface area contributed by atoms with Crippen LogP contribution >= 0.6 is 0 Å². The second-order valence-corrected chi connectivity index (χ2v) is 1.57. The largest absolute Gasteiger partial charge is 0.272 e. The van der Waals surface area contributed by atoms with Crippen molar-refractivity contribution in [3.63, 3.8) is 0 Å². The van der Waals surface area contributed by atoms with Crippen LogP contribution in [0.1, 0.15) is 6.92 Å². The first-order valence-corrected chi connectivity index (χ1v) is 2.64. The molecule has 0 saturated heterocycles. The second kappa shape index (κ2) is 2.52. The first-order chi connectivity index (χ1) is 3.93. The molecule has 2 heteroatoms. The van der Waals surface area contributed by atoms with Crippen LogP contribution in [0.25, 0.3) is 0 Å². The van der Waals surface area contributed by atoms with Gasteiger partial charge in [0.05, 0.1) is 12.3 Å². The van der Waals surface area contributed by atoms with Crippen LogP contribution in [0.2, 0.25) is 0 Å². The monoisotopic (exact) mass is 111 g/mol. The smallest absolute Gasteiger partial charge is 0.0951 e. The van der Waals surface area contributed by atoms with Crippen molar-refractivity contribution in [2.45, 2.75) is 6.92 Å². The Balaban J connectivity index is 2.45. The minimum atomic E-state index is 0.680. The number of hydroxylamine groups is 1. The fourth-order valence-electron chi connectivity index (χ4n) is 0.580. The lowest BCUT2D eigenvalue weighted by Gasteiger charge is -1.92. The van der Waals surface area contributed by atoms with Gasteiger partial charge in [0.1, 0.15) is 0 Å². The van der Waals surface area contributed by atoms with Crippen molar-refractivity contribution >= 4 is 0 Å². The molecule has 0 aliphatic carbocycles. The third-order valence-corrected chi connectivity index (χ3v) is 0.923. The number of nitrogens with one attached hydrogen (secondary N) is 1. The maximum atomic E-state index is 4.82. The maximum Gasteiger partial charge on any atom is 0.0951 e. The number of rotatable bonds is 1. The fourth-order valence-corrected chi connectivity index (χ4v) is 0.580. The van der Waals surface area contributed by atoms with Gasteiger partial charge in [-0.05, 0) is 19.1 Å². The van der Waals surface area contributed by atoms with Crippen LogP contribution in [0.3, 0.4) is 0 Å². The standard InChI is InChI=1S/C6H9NO/c1-2-3-6-4-5-8-7-6/h2-4,7H,5H2,1H3. The van der Waals surface area contributed by atoms with E-state index in [1.165, 1.54) is 0 Å². The van der Waals surface area contributed by atoms with Crippen LogP contribution in [0, 0.1) is 0 Å². The van der Waals surface area contributed by atoms with Crippen LogP contribution in [0.5, 0.6) is 0 Å². The van der Waals surface area contributed by atoms with E-state index in [-0.39, 0.29) is 0 Å². The maximum absolute atomic E-state index is 4.82. The Morgan fingerprint density at radius 2 is 2.75 bits per heavy atom. The molecule has 1 rings (SSSR count). The van der Waals surface area contributed by atoms with Crippen molar-refractivity contribution in [2.24, 2.45) is 0 Å². The summed E-state index contributed by atoms with van der Waals surface area (Å²) in [5.41, 5.74) is 3.78. The van der Waals surface area contributed by atoms with E-state index in [4.69, 9.17) is 4.84 Å². The molecule has 0 aromatic carbocycles. The van der Waals surface area contributed by atoms with E-state index in [2.05, 4.69) is 5.48 Å². The van der Waals surface area contributed by atoms with Gasteiger partial charge in [-0.15, -0.1) is 0 Å². The molecule has 44 valence electrons. The molecule has 1 aliphatic heterocycles. The molecular formula is C6H9NO. The van der Waals surface area contributed by atoms with Gasteiger partial charge in [0, 0.05) is 0 Å². The summed E-state index contributed by atoms with van der Waals surface area (Å²) in [5, 5.41) is 0. The van der Waals surface area contributed by atoms with Gasteiger partial charge in [0.2, 0.25) is 0 Å². The average Bonchev–Trinajstić information content (AvgIpc) is 2.19. The van der Waals surface area contributed by atoms with Gasteiger partial charge in [-0.25, -0.2) is 0 Å². The Labute approximate surface area is 48.8 Å². The van der Waals surface area contributed by atoms with Crippen molar-refractivity contribution in [3.8, 4) is 0 Å². The third-order valence-electron chi connectivity index (χ3n) is 0.923. The zero-order valence-electron chi connectivity index (χ0n) is 4.85. The first-order valence-electron chi connectivity index (χ1n) is 2.64. The van der Waals surface area contributed by atoms with Crippen molar-refractivity contribution in [2.75, 3.05) is 6.61 Å². The van der Waals surface area contributed by atoms with Gasteiger partial charge in [-0.2, -0.15) is 0 Å². The van der Waals surface area contributed by atoms with Gasteiger partial charge >= 0.3 is 0 Å². The third kappa shape index (κ3) is 1.10. The molecule has 0 atom stereocenters. The summed E-state index contributed by atoms with van der Waals surface area (Å²) in [5.74, 6) is 0. The Morgan fingerprint density at radius 1 is 1.88 bits per heavy atom. The van der Waals surface area contributed by atoms with Crippen LogP contribution in [0.4, 0.5) is 0 Å². The van der Waals surface area contributed by atoms with Crippen LogP contribution < -0.4 is 5.48 Å². The summed E-state index contributed by atoms with van der Waals surface area (Å²) in [7, 11) is 0. The van der Waals surface area contributed by atoms with Crippen LogP contribution in [0.15, 0.2) is 23.9 Å². The second-order valence-electron chi connectivity index (χ2n) is 1.57. The molecular weight excluding hydrogens is 102 g/mol. The lowest BCUT2D eigenvalue weighted by atomic mass is 10.4. The quantitative estimate of drug-likeness (QED) is 0.544. The Kier molecular flexibility index (Phi) is 1.70. The number of allylic oxidation sites excluding steroid dienone is 2. The molecule has 1 N–H and O–H groups in total. The lowest BCUT2D eigenvalue weighted by molar-refractivity contribution is 0.111. The average molecular weight is 111 g/mol. The molecule has 8 heavy (non-hydrogen) atoms. The zero-order valence-corrected chi connectivity index (χ0v) is 4.85. The molecule has 0 amide bonds. The summed E-state index contributed by atoms with van der Waals surface area (Å²) in [6.45, 7) is 2.65. The molecule has 0 aromatic heterocycles. The molecule has 0 saturated carbocycles. The van der Waals surface area contributed by atoms with E-state index in [1.807, 2.05) is 25.2 Å². The van der Waals surface area contributed by atoms with Gasteiger partial charge < -0.3 is 0 Å². The van der Waals surface area contributed by atoms with Gasteiger partial charge in [-0.1, -0.05) is 6.08 Å². The summed E-state index contributed by atoms with van der Waals surface area (Å²) in [4.78, 5) is 4.82. The van der Waals surface area contributed by atoms with E-state index in [0.717, 1.165) is 5.70 Å². The molecule has 0 bridgehead atoms. The van der Waals surface area contributed by atoms with E-state index in [1.54, 1.807) is 0 Å². The van der Waals surface area contributed by atoms with Gasteiger partial charge in [0.15, 0.2) is 0 Å². The van der Waals surface area contributed by atoms with E-state index >= 15 is 0 Å². The van der Waals surface area contributed by atoms with E-state index in [0.29, 0.717) is 6.61 Å². The highest BCUT2D eigenvalue weighted by Gasteiger charge is 1.95. The zero-order chi connectivity index (χ0) is 5.82. The molecule has 0 spiro atoms. The predicted molar refractivity (Wildman–Crippen MR) is 32.0 cm³/mol. The topological polar surface area (TPSA) is 21.3 Å². The molecule has 0 unspecified atom stereocenters. The molecule has 1 aliphatic rings. The summed E-state index contributed by atoms with van der Waals surface area (Å²) < 4.78 is 0. The highest BCUT2D eigenvalue weighted by molar-refractivity contribution is 5.16. The number of hydrogen-bond donors (Lipinski definition) is 1. The summed E-state index contributed by atoms with van der Waals surface area (Å²) in [6.07, 6.45) is 5.92. The molecule has 0 radical (unpaired) electrons. The molecule has 1 heterocycles. The van der Waals surface area contributed by atoms with Crippen LogP contribution in [-0.4, -0.2) is 6.61 Å². The molecule has 0 fully saturated rings. The van der Waals surface area contributed by atoms with Crippen molar-refractivity contribution in [1.82, 2.24) is 5.48 Å². The Bertz CT molecular complexity index is 126. The fraction of sp³-hybridized carbons (Fsp3) is 0.333. The Hall–Kier alpha value is -0.760. The van der Waals surface area contributed by atoms with Crippen LogP contribution in [-0.2, 0) is 4.84 Å². The molecule has 2 nitrogen and oxygen atoms in total. The predicted octanol–water partition coefficient (Wildman–Crippen LogP) is 0.981. The highest BCUT2D eigenvalue weighted by atomic mass is 16.6. The van der Waals surface area contributed by atoms with Crippen molar-refractivity contribution < 1.29 is 4.84 Å².